The largest absolute Gasteiger partial charge is 0.368 e. The summed E-state index contributed by atoms with van der Waals surface area (Å²) in [5.74, 6) is 1.19. The van der Waals surface area contributed by atoms with E-state index in [0.717, 1.165) is 55.7 Å². The summed E-state index contributed by atoms with van der Waals surface area (Å²) in [5.41, 5.74) is 3.69. The minimum absolute atomic E-state index is 0.0970. The zero-order chi connectivity index (χ0) is 23.5. The number of piperazine rings is 1. The molecule has 5 rings (SSSR count). The van der Waals surface area contributed by atoms with E-state index in [0.29, 0.717) is 22.6 Å². The van der Waals surface area contributed by atoms with E-state index in [4.69, 9.17) is 28.2 Å². The number of amides is 1. The summed E-state index contributed by atoms with van der Waals surface area (Å²) in [6, 6.07) is 18.0. The Bertz CT molecular complexity index is 1190. The van der Waals surface area contributed by atoms with Crippen LogP contribution in [0.2, 0.25) is 10.2 Å². The van der Waals surface area contributed by atoms with Crippen molar-refractivity contribution in [1.82, 2.24) is 14.9 Å². The van der Waals surface area contributed by atoms with Crippen molar-refractivity contribution in [1.29, 1.82) is 0 Å². The molecule has 2 aromatic carbocycles. The number of fused-ring (bicyclic) bond motifs is 1. The van der Waals surface area contributed by atoms with Gasteiger partial charge in [0.05, 0.1) is 5.75 Å². The Balaban J connectivity index is 1.19. The van der Waals surface area contributed by atoms with Gasteiger partial charge in [-0.05, 0) is 35.7 Å². The van der Waals surface area contributed by atoms with Crippen LogP contribution in [-0.2, 0) is 17.8 Å². The third kappa shape index (κ3) is 5.43. The Labute approximate surface area is 213 Å². The Kier molecular flexibility index (Phi) is 7.13. The summed E-state index contributed by atoms with van der Waals surface area (Å²) in [4.78, 5) is 28.3. The first-order valence-electron chi connectivity index (χ1n) is 11.3. The van der Waals surface area contributed by atoms with Gasteiger partial charge in [0.1, 0.15) is 11.0 Å². The van der Waals surface area contributed by atoms with Crippen molar-refractivity contribution in [3.63, 3.8) is 0 Å². The number of hydrogen-bond donors (Lipinski definition) is 0. The first-order valence-corrected chi connectivity index (χ1v) is 13.1. The fraction of sp³-hybridized carbons (Fsp3) is 0.320. The van der Waals surface area contributed by atoms with Crippen molar-refractivity contribution < 1.29 is 4.79 Å². The number of aromatic nitrogens is 2. The van der Waals surface area contributed by atoms with Gasteiger partial charge < -0.3 is 14.7 Å². The van der Waals surface area contributed by atoms with Crippen LogP contribution < -0.4 is 9.80 Å². The molecule has 6 nitrogen and oxygen atoms in total. The molecule has 3 aromatic rings. The smallest absolute Gasteiger partial charge is 0.233 e. The number of benzene rings is 2. The summed E-state index contributed by atoms with van der Waals surface area (Å²) >= 11 is 13.8. The van der Waals surface area contributed by atoms with Gasteiger partial charge >= 0.3 is 0 Å². The lowest BCUT2D eigenvalue weighted by atomic mass is 10.00. The number of rotatable bonds is 5. The van der Waals surface area contributed by atoms with Crippen molar-refractivity contribution in [3.8, 4) is 0 Å². The van der Waals surface area contributed by atoms with E-state index in [2.05, 4.69) is 39.0 Å². The van der Waals surface area contributed by atoms with Crippen LogP contribution in [0.1, 0.15) is 11.1 Å². The van der Waals surface area contributed by atoms with E-state index >= 15 is 0 Å². The molecule has 3 heterocycles. The zero-order valence-electron chi connectivity index (χ0n) is 18.7. The third-order valence-electron chi connectivity index (χ3n) is 6.25. The van der Waals surface area contributed by atoms with Crippen LogP contribution in [0.15, 0.2) is 59.8 Å². The van der Waals surface area contributed by atoms with Crippen molar-refractivity contribution in [3.05, 3.63) is 75.9 Å². The average molecular weight is 514 g/mol. The maximum absolute atomic E-state index is 12.8. The van der Waals surface area contributed by atoms with Gasteiger partial charge in [-0.1, -0.05) is 65.3 Å². The fourth-order valence-electron chi connectivity index (χ4n) is 4.40. The Hall–Kier alpha value is -2.48. The van der Waals surface area contributed by atoms with E-state index in [1.807, 2.05) is 29.2 Å². The molecule has 176 valence electrons. The van der Waals surface area contributed by atoms with Gasteiger partial charge in [-0.3, -0.25) is 4.79 Å². The van der Waals surface area contributed by atoms with E-state index in [9.17, 15) is 4.79 Å². The van der Waals surface area contributed by atoms with Gasteiger partial charge in [-0.25, -0.2) is 9.97 Å². The predicted octanol–water partition coefficient (Wildman–Crippen LogP) is 4.79. The quantitative estimate of drug-likeness (QED) is 0.277. The van der Waals surface area contributed by atoms with Crippen LogP contribution in [-0.4, -0.2) is 59.3 Å². The number of carbonyl (C=O) groups excluding carboxylic acids is 1. The van der Waals surface area contributed by atoms with Gasteiger partial charge in [0.2, 0.25) is 5.91 Å². The van der Waals surface area contributed by atoms with Crippen LogP contribution in [0, 0.1) is 0 Å². The van der Waals surface area contributed by atoms with Crippen LogP contribution in [0.3, 0.4) is 0 Å². The van der Waals surface area contributed by atoms with Crippen LogP contribution in [0.4, 0.5) is 11.5 Å². The first-order chi connectivity index (χ1) is 16.5. The summed E-state index contributed by atoms with van der Waals surface area (Å²) in [7, 11) is 0. The van der Waals surface area contributed by atoms with Crippen LogP contribution >= 0.6 is 35.0 Å². The SMILES string of the molecule is O=C(CSc1nc(Cl)cc(N2CCN(c3cccc(Cl)c3)CC2)n1)N1CCc2ccccc2C1. The summed E-state index contributed by atoms with van der Waals surface area (Å²) < 4.78 is 0. The molecule has 0 aliphatic carbocycles. The standard InChI is InChI=1S/C25H25Cl2N5OS/c26-20-6-3-7-21(14-20)30-10-12-31(13-11-30)23-15-22(27)28-25(29-23)34-17-24(33)32-9-8-18-4-1-2-5-19(18)16-32/h1-7,14-15H,8-13,16-17H2. The van der Waals surface area contributed by atoms with Crippen molar-refractivity contribution >= 4 is 52.4 Å². The number of carbonyl (C=O) groups is 1. The highest BCUT2D eigenvalue weighted by Gasteiger charge is 2.22. The topological polar surface area (TPSA) is 52.6 Å². The average Bonchev–Trinajstić information content (AvgIpc) is 2.87. The van der Waals surface area contributed by atoms with Crippen molar-refractivity contribution in [2.75, 3.05) is 48.3 Å². The monoisotopic (exact) mass is 513 g/mol. The molecule has 1 aromatic heterocycles. The second-order valence-corrected chi connectivity index (χ2v) is 10.2. The molecule has 1 fully saturated rings. The molecule has 9 heteroatoms. The molecule has 0 atom stereocenters. The zero-order valence-corrected chi connectivity index (χ0v) is 21.0. The molecule has 2 aliphatic heterocycles. The molecular formula is C25H25Cl2N5OS. The molecule has 0 bridgehead atoms. The van der Waals surface area contributed by atoms with E-state index in [-0.39, 0.29) is 5.91 Å². The first kappa shape index (κ1) is 23.3. The summed E-state index contributed by atoms with van der Waals surface area (Å²) in [6.45, 7) is 4.76. The van der Waals surface area contributed by atoms with Gasteiger partial charge in [0.25, 0.3) is 0 Å². The second-order valence-electron chi connectivity index (χ2n) is 8.41. The van der Waals surface area contributed by atoms with E-state index in [1.54, 1.807) is 6.07 Å². The molecule has 1 saturated heterocycles. The van der Waals surface area contributed by atoms with Crippen molar-refractivity contribution in [2.24, 2.45) is 0 Å². The highest BCUT2D eigenvalue weighted by atomic mass is 35.5. The third-order valence-corrected chi connectivity index (χ3v) is 7.51. The summed E-state index contributed by atoms with van der Waals surface area (Å²) in [5, 5.41) is 1.67. The lowest BCUT2D eigenvalue weighted by molar-refractivity contribution is -0.129. The molecule has 0 unspecified atom stereocenters. The normalized spacial score (nSPS) is 15.9. The van der Waals surface area contributed by atoms with Crippen molar-refractivity contribution in [2.45, 2.75) is 18.1 Å². The lowest BCUT2D eigenvalue weighted by Gasteiger charge is -2.36. The van der Waals surface area contributed by atoms with E-state index in [1.165, 1.54) is 22.9 Å². The predicted molar refractivity (Wildman–Crippen MR) is 139 cm³/mol. The molecule has 2 aliphatic rings. The number of halogens is 2. The highest BCUT2D eigenvalue weighted by Crippen LogP contribution is 2.26. The number of anilines is 2. The van der Waals surface area contributed by atoms with Gasteiger partial charge in [0, 0.05) is 56.0 Å². The van der Waals surface area contributed by atoms with Gasteiger partial charge in [0.15, 0.2) is 5.16 Å². The number of thioether (sulfide) groups is 1. The second kappa shape index (κ2) is 10.4. The highest BCUT2D eigenvalue weighted by molar-refractivity contribution is 7.99. The molecule has 0 saturated carbocycles. The maximum atomic E-state index is 12.8. The minimum atomic E-state index is 0.0970. The Morgan fingerprint density at radius 2 is 1.65 bits per heavy atom. The Morgan fingerprint density at radius 1 is 0.882 bits per heavy atom. The molecule has 34 heavy (non-hydrogen) atoms. The molecular weight excluding hydrogens is 489 g/mol. The fourth-order valence-corrected chi connectivity index (χ4v) is 5.57. The molecule has 0 radical (unpaired) electrons. The minimum Gasteiger partial charge on any atom is -0.368 e. The van der Waals surface area contributed by atoms with Gasteiger partial charge in [-0.2, -0.15) is 0 Å². The maximum Gasteiger partial charge on any atom is 0.233 e. The lowest BCUT2D eigenvalue weighted by Crippen LogP contribution is -2.46. The molecule has 0 spiro atoms. The molecule has 0 N–H and O–H groups in total. The summed E-state index contributed by atoms with van der Waals surface area (Å²) in [6.07, 6.45) is 0.894. The number of nitrogens with zero attached hydrogens (tertiary/aromatic N) is 5. The Morgan fingerprint density at radius 3 is 2.44 bits per heavy atom. The molecule has 1 amide bonds. The van der Waals surface area contributed by atoms with E-state index < -0.39 is 0 Å². The van der Waals surface area contributed by atoms with Gasteiger partial charge in [-0.15, -0.1) is 0 Å². The van der Waals surface area contributed by atoms with Crippen LogP contribution in [0.5, 0.6) is 0 Å². The number of hydrogen-bond acceptors (Lipinski definition) is 6. The van der Waals surface area contributed by atoms with Crippen LogP contribution in [0.25, 0.3) is 0 Å².